The number of halogens is 1. The zero-order chi connectivity index (χ0) is 16.8. The molecule has 0 radical (unpaired) electrons. The Morgan fingerprint density at radius 2 is 2.21 bits per heavy atom. The lowest BCUT2D eigenvalue weighted by Gasteiger charge is -2.22. The van der Waals surface area contributed by atoms with Crippen LogP contribution in [0.2, 0.25) is 0 Å². The molecule has 1 atom stereocenters. The van der Waals surface area contributed by atoms with Gasteiger partial charge in [0.2, 0.25) is 0 Å². The monoisotopic (exact) mass is 331 g/mol. The van der Waals surface area contributed by atoms with Crippen LogP contribution in [0.1, 0.15) is 29.6 Å². The summed E-state index contributed by atoms with van der Waals surface area (Å²) in [6.45, 7) is 0.625. The lowest BCUT2D eigenvalue weighted by Crippen LogP contribution is -2.33. The maximum Gasteiger partial charge on any atom is 0.278 e. The minimum absolute atomic E-state index is 0.289. The van der Waals surface area contributed by atoms with Gasteiger partial charge < -0.3 is 10.1 Å². The number of hydroxylamine groups is 1. The SMILES string of the molecule is O=C(NO[C@@H]1CCCCO1)c1cccnc1Nc1cccc(F)c1. The number of pyridine rings is 1. The number of aromatic nitrogens is 1. The summed E-state index contributed by atoms with van der Waals surface area (Å²) in [6.07, 6.45) is 3.85. The van der Waals surface area contributed by atoms with Crippen molar-refractivity contribution in [2.45, 2.75) is 25.6 Å². The van der Waals surface area contributed by atoms with Crippen LogP contribution >= 0.6 is 0 Å². The molecule has 2 N–H and O–H groups in total. The number of ether oxygens (including phenoxy) is 1. The quantitative estimate of drug-likeness (QED) is 0.824. The summed E-state index contributed by atoms with van der Waals surface area (Å²) in [5.41, 5.74) is 3.18. The zero-order valence-corrected chi connectivity index (χ0v) is 13.0. The van der Waals surface area contributed by atoms with Gasteiger partial charge in [-0.05, 0) is 43.2 Å². The van der Waals surface area contributed by atoms with Crippen LogP contribution < -0.4 is 10.8 Å². The van der Waals surface area contributed by atoms with Crippen molar-refractivity contribution in [3.63, 3.8) is 0 Å². The average Bonchev–Trinajstić information content (AvgIpc) is 2.61. The van der Waals surface area contributed by atoms with Gasteiger partial charge in [-0.15, -0.1) is 0 Å². The molecule has 1 amide bonds. The minimum atomic E-state index is -0.448. The van der Waals surface area contributed by atoms with Crippen molar-refractivity contribution in [2.75, 3.05) is 11.9 Å². The Morgan fingerprint density at radius 3 is 3.00 bits per heavy atom. The standard InChI is InChI=1S/C17H18FN3O3/c18-12-5-3-6-13(11-12)20-16-14(7-4-9-19-16)17(22)21-24-15-8-1-2-10-23-15/h3-7,9,11,15H,1-2,8,10H2,(H,19,20)(H,21,22)/t15-/m1/s1. The summed E-state index contributed by atoms with van der Waals surface area (Å²) in [7, 11) is 0. The molecule has 126 valence electrons. The van der Waals surface area contributed by atoms with Gasteiger partial charge in [0.1, 0.15) is 11.6 Å². The maximum absolute atomic E-state index is 13.3. The fourth-order valence-corrected chi connectivity index (χ4v) is 2.37. The van der Waals surface area contributed by atoms with E-state index in [2.05, 4.69) is 15.8 Å². The molecule has 1 saturated heterocycles. The van der Waals surface area contributed by atoms with E-state index in [0.717, 1.165) is 19.3 Å². The Balaban J connectivity index is 1.67. The molecule has 0 spiro atoms. The van der Waals surface area contributed by atoms with Crippen LogP contribution in [0.15, 0.2) is 42.6 Å². The molecular weight excluding hydrogens is 313 g/mol. The van der Waals surface area contributed by atoms with Crippen molar-refractivity contribution in [1.82, 2.24) is 10.5 Å². The second-order valence-corrected chi connectivity index (χ2v) is 5.38. The van der Waals surface area contributed by atoms with Gasteiger partial charge in [-0.1, -0.05) is 6.07 Å². The molecule has 1 aliphatic rings. The van der Waals surface area contributed by atoms with Gasteiger partial charge >= 0.3 is 0 Å². The van der Waals surface area contributed by atoms with Crippen molar-refractivity contribution in [2.24, 2.45) is 0 Å². The zero-order valence-electron chi connectivity index (χ0n) is 13.0. The first kappa shape index (κ1) is 16.4. The smallest absolute Gasteiger partial charge is 0.278 e. The number of nitrogens with one attached hydrogen (secondary N) is 2. The van der Waals surface area contributed by atoms with E-state index in [1.807, 2.05) is 0 Å². The molecule has 2 heterocycles. The van der Waals surface area contributed by atoms with Crippen molar-refractivity contribution in [3.8, 4) is 0 Å². The second-order valence-electron chi connectivity index (χ2n) is 5.38. The van der Waals surface area contributed by atoms with Crippen molar-refractivity contribution >= 4 is 17.4 Å². The highest BCUT2D eigenvalue weighted by atomic mass is 19.1. The van der Waals surface area contributed by atoms with Crippen molar-refractivity contribution in [1.29, 1.82) is 0 Å². The normalized spacial score (nSPS) is 17.3. The van der Waals surface area contributed by atoms with E-state index in [9.17, 15) is 9.18 Å². The third-order valence-corrected chi connectivity index (χ3v) is 3.56. The Labute approximate surface area is 138 Å². The molecule has 0 aliphatic carbocycles. The Morgan fingerprint density at radius 1 is 1.29 bits per heavy atom. The third kappa shape index (κ3) is 4.27. The van der Waals surface area contributed by atoms with Crippen LogP contribution in [-0.2, 0) is 9.57 Å². The number of amides is 1. The van der Waals surface area contributed by atoms with E-state index in [-0.39, 0.29) is 11.4 Å². The first-order chi connectivity index (χ1) is 11.7. The molecule has 1 aromatic heterocycles. The van der Waals surface area contributed by atoms with Gasteiger partial charge in [-0.3, -0.25) is 4.79 Å². The van der Waals surface area contributed by atoms with Crippen LogP contribution in [0, 0.1) is 5.82 Å². The van der Waals surface area contributed by atoms with Gasteiger partial charge in [0, 0.05) is 24.9 Å². The highest BCUT2D eigenvalue weighted by Crippen LogP contribution is 2.19. The largest absolute Gasteiger partial charge is 0.350 e. The number of nitrogens with zero attached hydrogens (tertiary/aromatic N) is 1. The molecule has 2 aromatic rings. The molecule has 24 heavy (non-hydrogen) atoms. The van der Waals surface area contributed by atoms with Crippen LogP contribution in [0.3, 0.4) is 0 Å². The molecule has 0 bridgehead atoms. The summed E-state index contributed by atoms with van der Waals surface area (Å²) in [4.78, 5) is 21.7. The van der Waals surface area contributed by atoms with E-state index >= 15 is 0 Å². The van der Waals surface area contributed by atoms with Crippen LogP contribution in [0.25, 0.3) is 0 Å². The fraction of sp³-hybridized carbons (Fsp3) is 0.294. The molecule has 0 saturated carbocycles. The van der Waals surface area contributed by atoms with Crippen molar-refractivity contribution in [3.05, 3.63) is 54.0 Å². The Hall–Kier alpha value is -2.51. The second kappa shape index (κ2) is 7.85. The molecular formula is C17H18FN3O3. The first-order valence-corrected chi connectivity index (χ1v) is 7.77. The van der Waals surface area contributed by atoms with Crippen molar-refractivity contribution < 1.29 is 18.8 Å². The van der Waals surface area contributed by atoms with Gasteiger partial charge in [-0.2, -0.15) is 0 Å². The number of rotatable bonds is 5. The lowest BCUT2D eigenvalue weighted by molar-refractivity contribution is -0.186. The highest BCUT2D eigenvalue weighted by molar-refractivity contribution is 5.98. The van der Waals surface area contributed by atoms with Gasteiger partial charge in [0.25, 0.3) is 5.91 Å². The fourth-order valence-electron chi connectivity index (χ4n) is 2.37. The predicted molar refractivity (Wildman–Crippen MR) is 86.1 cm³/mol. The van der Waals surface area contributed by atoms with E-state index < -0.39 is 12.2 Å². The molecule has 6 nitrogen and oxygen atoms in total. The number of hydrogen-bond donors (Lipinski definition) is 2. The molecule has 1 aromatic carbocycles. The van der Waals surface area contributed by atoms with Gasteiger partial charge in [0.15, 0.2) is 6.29 Å². The Kier molecular flexibility index (Phi) is 5.35. The topological polar surface area (TPSA) is 72.5 Å². The molecule has 3 rings (SSSR count). The number of benzene rings is 1. The van der Waals surface area contributed by atoms with E-state index in [1.54, 1.807) is 30.5 Å². The van der Waals surface area contributed by atoms with Crippen LogP contribution in [-0.4, -0.2) is 23.8 Å². The predicted octanol–water partition coefficient (Wildman–Crippen LogP) is 3.15. The van der Waals surface area contributed by atoms with E-state index in [0.29, 0.717) is 18.1 Å². The number of anilines is 2. The maximum atomic E-state index is 13.3. The van der Waals surface area contributed by atoms with Crippen LogP contribution in [0.5, 0.6) is 0 Å². The highest BCUT2D eigenvalue weighted by Gasteiger charge is 2.18. The third-order valence-electron chi connectivity index (χ3n) is 3.56. The number of hydrogen-bond acceptors (Lipinski definition) is 5. The molecule has 1 fully saturated rings. The minimum Gasteiger partial charge on any atom is -0.350 e. The first-order valence-electron chi connectivity index (χ1n) is 7.77. The average molecular weight is 331 g/mol. The molecule has 7 heteroatoms. The number of carbonyl (C=O) groups excluding carboxylic acids is 1. The summed E-state index contributed by atoms with van der Waals surface area (Å²) < 4.78 is 18.7. The summed E-state index contributed by atoms with van der Waals surface area (Å²) in [6, 6.07) is 9.17. The van der Waals surface area contributed by atoms with E-state index in [4.69, 9.17) is 9.57 Å². The van der Waals surface area contributed by atoms with E-state index in [1.165, 1.54) is 12.1 Å². The number of carbonyl (C=O) groups is 1. The summed E-state index contributed by atoms with van der Waals surface area (Å²) in [5, 5.41) is 2.93. The van der Waals surface area contributed by atoms with Crippen LogP contribution in [0.4, 0.5) is 15.9 Å². The molecule has 1 aliphatic heterocycles. The van der Waals surface area contributed by atoms with Gasteiger partial charge in [0.05, 0.1) is 5.56 Å². The lowest BCUT2D eigenvalue weighted by atomic mass is 10.2. The Bertz CT molecular complexity index is 705. The van der Waals surface area contributed by atoms with Gasteiger partial charge in [-0.25, -0.2) is 19.7 Å². The summed E-state index contributed by atoms with van der Waals surface area (Å²) in [5.74, 6) is -0.510. The molecule has 0 unspecified atom stereocenters. The summed E-state index contributed by atoms with van der Waals surface area (Å²) >= 11 is 0.